The minimum atomic E-state index is -2.54. The molecule has 1 saturated heterocycles. The van der Waals surface area contributed by atoms with Crippen molar-refractivity contribution >= 4 is 23.7 Å². The number of amides is 2. The molecule has 13 nitrogen and oxygen atoms in total. The van der Waals surface area contributed by atoms with Gasteiger partial charge >= 0.3 is 5.96 Å². The van der Waals surface area contributed by atoms with Crippen LogP contribution in [0, 0.1) is 0 Å². The number of aliphatic imine (C=N–C) groups is 1. The van der Waals surface area contributed by atoms with Gasteiger partial charge < -0.3 is 31.9 Å². The minimum Gasteiger partial charge on any atom is -0.370 e. The summed E-state index contributed by atoms with van der Waals surface area (Å²) in [6.07, 6.45) is 4.20. The van der Waals surface area contributed by atoms with Gasteiger partial charge in [-0.05, 0) is 48.6 Å². The second kappa shape index (κ2) is 8.67. The summed E-state index contributed by atoms with van der Waals surface area (Å²) >= 11 is 0. The van der Waals surface area contributed by atoms with Crippen LogP contribution < -0.4 is 32.7 Å². The molecule has 3 aliphatic heterocycles. The second-order valence-electron chi connectivity index (χ2n) is 10.1. The number of pyridine rings is 1. The zero-order valence-electron chi connectivity index (χ0n) is 20.5. The molecule has 1 aromatic heterocycles. The number of fused-ring (bicyclic) bond motifs is 1. The number of benzene rings is 1. The molecule has 2 aromatic rings. The lowest BCUT2D eigenvalue weighted by Crippen LogP contribution is -2.79. The molecule has 4 heterocycles. The fourth-order valence-corrected chi connectivity index (χ4v) is 6.18. The third-order valence-electron chi connectivity index (χ3n) is 7.94. The van der Waals surface area contributed by atoms with Crippen molar-refractivity contribution in [3.05, 3.63) is 65.0 Å². The van der Waals surface area contributed by atoms with Gasteiger partial charge in [-0.1, -0.05) is 18.2 Å². The van der Waals surface area contributed by atoms with Gasteiger partial charge in [-0.3, -0.25) is 25.6 Å². The van der Waals surface area contributed by atoms with Gasteiger partial charge in [0, 0.05) is 11.8 Å². The molecular formula is C25H30N9O4+. The average molecular weight is 521 g/mol. The number of hydrogen-bond acceptors (Lipinski definition) is 10. The van der Waals surface area contributed by atoms with Crippen LogP contribution in [0.2, 0.25) is 0 Å². The van der Waals surface area contributed by atoms with Crippen molar-refractivity contribution in [3.8, 4) is 0 Å². The lowest BCUT2D eigenvalue weighted by molar-refractivity contribution is -0.623. The van der Waals surface area contributed by atoms with E-state index in [1.807, 2.05) is 12.1 Å². The standard InChI is InChI=1S/C25H29N9O4/c26-22-32-19-17(11-29-21(36)16-9-1-2-10-28-16)30-23(27)34-12-18(25(37,38)24(19,34)33-22)31-20(35)15-8-4-6-13-5-3-7-14(13)15/h1-2,4,6,8-10,17-19,37-38H,3,5,7,11-12H2,(H7,26,27,29,30,31,32,33,35,36)/p+1/t17-,18?,19-,24-/m0/s1. The zero-order chi connectivity index (χ0) is 26.7. The summed E-state index contributed by atoms with van der Waals surface area (Å²) in [5, 5.41) is 34.9. The number of aliphatic hydroxyl groups is 2. The van der Waals surface area contributed by atoms with Gasteiger partial charge in [0.25, 0.3) is 11.8 Å². The van der Waals surface area contributed by atoms with E-state index in [2.05, 4.69) is 31.2 Å². The summed E-state index contributed by atoms with van der Waals surface area (Å²) in [7, 11) is 0. The van der Waals surface area contributed by atoms with Crippen LogP contribution in [0.3, 0.4) is 0 Å². The Hall–Kier alpha value is -4.23. The first-order chi connectivity index (χ1) is 18.2. The Bertz CT molecular complexity index is 1380. The maximum Gasteiger partial charge on any atom is 0.346 e. The molecule has 10 N–H and O–H groups in total. The summed E-state index contributed by atoms with van der Waals surface area (Å²) in [5.41, 5.74) is 13.6. The highest BCUT2D eigenvalue weighted by molar-refractivity contribution is 5.96. The molecule has 1 unspecified atom stereocenters. The quantitative estimate of drug-likeness (QED) is 0.150. The van der Waals surface area contributed by atoms with Gasteiger partial charge in [0.1, 0.15) is 23.8 Å². The van der Waals surface area contributed by atoms with Crippen LogP contribution in [0.15, 0.2) is 47.6 Å². The summed E-state index contributed by atoms with van der Waals surface area (Å²) in [6.45, 7) is 0.0179. The Morgan fingerprint density at radius 1 is 1.13 bits per heavy atom. The summed E-state index contributed by atoms with van der Waals surface area (Å²) < 4.78 is 1.53. The second-order valence-corrected chi connectivity index (χ2v) is 10.1. The Balaban J connectivity index is 1.27. The first kappa shape index (κ1) is 24.1. The number of nitrogens with zero attached hydrogens (tertiary/aromatic N) is 3. The third kappa shape index (κ3) is 3.50. The van der Waals surface area contributed by atoms with Gasteiger partial charge in [0.15, 0.2) is 5.96 Å². The molecule has 198 valence electrons. The monoisotopic (exact) mass is 520 g/mol. The molecule has 0 radical (unpaired) electrons. The van der Waals surface area contributed by atoms with Crippen LogP contribution in [0.4, 0.5) is 0 Å². The van der Waals surface area contributed by atoms with Crippen LogP contribution >= 0.6 is 0 Å². The Morgan fingerprint density at radius 2 is 1.97 bits per heavy atom. The number of carbonyl (C=O) groups excluding carboxylic acids is 2. The lowest BCUT2D eigenvalue weighted by atomic mass is 9.85. The van der Waals surface area contributed by atoms with Crippen LogP contribution in [-0.2, 0) is 12.8 Å². The number of nitrogens with one attached hydrogen (secondary N) is 4. The SMILES string of the molecule is NC1=N[C@H]2[C@H](CNC(=O)c3ccccn3)NC(N)=[N+]3CC(NC(=O)c4cccc5c4CCC5)C(O)(O)[C@]23N1. The number of hydrogen-bond donors (Lipinski definition) is 8. The van der Waals surface area contributed by atoms with E-state index in [0.717, 1.165) is 30.4 Å². The highest BCUT2D eigenvalue weighted by Crippen LogP contribution is 2.41. The van der Waals surface area contributed by atoms with Crippen LogP contribution in [0.5, 0.6) is 0 Å². The van der Waals surface area contributed by atoms with Crippen molar-refractivity contribution in [1.29, 1.82) is 0 Å². The molecule has 0 bridgehead atoms. The highest BCUT2D eigenvalue weighted by Gasteiger charge is 2.75. The van der Waals surface area contributed by atoms with Crippen molar-refractivity contribution < 1.29 is 24.4 Å². The number of carbonyl (C=O) groups is 2. The molecule has 1 fully saturated rings. The molecule has 4 atom stereocenters. The van der Waals surface area contributed by atoms with E-state index in [4.69, 9.17) is 11.5 Å². The summed E-state index contributed by atoms with van der Waals surface area (Å²) in [6, 6.07) is 7.92. The van der Waals surface area contributed by atoms with Crippen LogP contribution in [-0.4, -0.2) is 86.2 Å². The van der Waals surface area contributed by atoms with E-state index < -0.39 is 41.4 Å². The Kier molecular flexibility index (Phi) is 5.50. The molecule has 6 rings (SSSR count). The van der Waals surface area contributed by atoms with Crippen molar-refractivity contribution in [2.24, 2.45) is 16.5 Å². The maximum atomic E-state index is 13.3. The number of guanidine groups is 2. The van der Waals surface area contributed by atoms with Crippen LogP contribution in [0.1, 0.15) is 38.4 Å². The normalized spacial score (nSPS) is 28.4. The van der Waals surface area contributed by atoms with E-state index in [9.17, 15) is 19.8 Å². The van der Waals surface area contributed by atoms with E-state index in [1.165, 1.54) is 10.8 Å². The molecule has 1 spiro atoms. The molecule has 1 aliphatic carbocycles. The molecular weight excluding hydrogens is 490 g/mol. The van der Waals surface area contributed by atoms with Gasteiger partial charge in [0.05, 0.1) is 13.1 Å². The first-order valence-electron chi connectivity index (χ1n) is 12.6. The smallest absolute Gasteiger partial charge is 0.346 e. The highest BCUT2D eigenvalue weighted by atomic mass is 16.5. The maximum absolute atomic E-state index is 13.3. The average Bonchev–Trinajstić information content (AvgIpc) is 3.58. The van der Waals surface area contributed by atoms with Crippen molar-refractivity contribution in [2.75, 3.05) is 13.1 Å². The molecule has 1 aromatic carbocycles. The predicted molar refractivity (Wildman–Crippen MR) is 136 cm³/mol. The third-order valence-corrected chi connectivity index (χ3v) is 7.94. The fourth-order valence-electron chi connectivity index (χ4n) is 6.18. The number of rotatable bonds is 5. The van der Waals surface area contributed by atoms with Crippen molar-refractivity contribution in [3.63, 3.8) is 0 Å². The van der Waals surface area contributed by atoms with E-state index >= 15 is 0 Å². The van der Waals surface area contributed by atoms with Gasteiger partial charge in [-0.2, -0.15) is 0 Å². The number of nitrogens with two attached hydrogens (primary N) is 2. The molecule has 2 amide bonds. The van der Waals surface area contributed by atoms with Gasteiger partial charge in [-0.25, -0.2) is 9.57 Å². The Labute approximate surface area is 218 Å². The fraction of sp³-hybridized carbons (Fsp3) is 0.400. The van der Waals surface area contributed by atoms with Crippen LogP contribution in [0.25, 0.3) is 0 Å². The van der Waals surface area contributed by atoms with Gasteiger partial charge in [0.2, 0.25) is 11.4 Å². The molecule has 38 heavy (non-hydrogen) atoms. The molecule has 4 aliphatic rings. The summed E-state index contributed by atoms with van der Waals surface area (Å²) in [4.78, 5) is 34.4. The molecule has 0 saturated carbocycles. The van der Waals surface area contributed by atoms with Crippen molar-refractivity contribution in [1.82, 2.24) is 26.3 Å². The van der Waals surface area contributed by atoms with E-state index in [-0.39, 0.29) is 30.7 Å². The minimum absolute atomic E-state index is 0.0158. The van der Waals surface area contributed by atoms with Gasteiger partial charge in [-0.15, -0.1) is 0 Å². The van der Waals surface area contributed by atoms with E-state index in [0.29, 0.717) is 5.56 Å². The number of aromatic nitrogens is 1. The Morgan fingerprint density at radius 3 is 2.76 bits per heavy atom. The molecule has 13 heteroatoms. The van der Waals surface area contributed by atoms with E-state index in [1.54, 1.807) is 24.3 Å². The predicted octanol–water partition coefficient (Wildman–Crippen LogP) is -2.92. The van der Waals surface area contributed by atoms with Crippen molar-refractivity contribution in [2.45, 2.75) is 48.8 Å². The largest absolute Gasteiger partial charge is 0.370 e. The number of aryl methyl sites for hydroxylation is 1. The summed E-state index contributed by atoms with van der Waals surface area (Å²) in [5.74, 6) is -3.23. The first-order valence-corrected chi connectivity index (χ1v) is 12.6. The topological polar surface area (TPSA) is 203 Å². The zero-order valence-corrected chi connectivity index (χ0v) is 20.5. The lowest BCUT2D eigenvalue weighted by Gasteiger charge is -2.43.